The molecule has 1 aliphatic heterocycles. The quantitative estimate of drug-likeness (QED) is 0.732. The SMILES string of the molecule is CCCC(C)C(=O)C1(CCC)CCNC1. The topological polar surface area (TPSA) is 29.1 Å². The lowest BCUT2D eigenvalue weighted by molar-refractivity contribution is -0.132. The fraction of sp³-hybridized carbons (Fsp3) is 0.923. The van der Waals surface area contributed by atoms with E-state index in [0.29, 0.717) is 5.78 Å². The Morgan fingerprint density at radius 2 is 2.13 bits per heavy atom. The van der Waals surface area contributed by atoms with Gasteiger partial charge in [0.15, 0.2) is 0 Å². The summed E-state index contributed by atoms with van der Waals surface area (Å²) in [5, 5.41) is 3.36. The number of rotatable bonds is 6. The summed E-state index contributed by atoms with van der Waals surface area (Å²) in [7, 11) is 0. The zero-order valence-corrected chi connectivity index (χ0v) is 10.4. The molecule has 2 heteroatoms. The fourth-order valence-corrected chi connectivity index (χ4v) is 2.86. The normalized spacial score (nSPS) is 27.9. The minimum absolute atomic E-state index is 0.0245. The smallest absolute Gasteiger partial charge is 0.143 e. The molecule has 0 spiro atoms. The van der Waals surface area contributed by atoms with E-state index < -0.39 is 0 Å². The van der Waals surface area contributed by atoms with Gasteiger partial charge in [0, 0.05) is 17.9 Å². The fourth-order valence-electron chi connectivity index (χ4n) is 2.86. The summed E-state index contributed by atoms with van der Waals surface area (Å²) >= 11 is 0. The van der Waals surface area contributed by atoms with Crippen molar-refractivity contribution >= 4 is 5.78 Å². The molecule has 15 heavy (non-hydrogen) atoms. The van der Waals surface area contributed by atoms with Gasteiger partial charge in [0.2, 0.25) is 0 Å². The molecule has 88 valence electrons. The van der Waals surface area contributed by atoms with Crippen LogP contribution < -0.4 is 5.32 Å². The predicted molar refractivity (Wildman–Crippen MR) is 63.9 cm³/mol. The first kappa shape index (κ1) is 12.7. The number of carbonyl (C=O) groups is 1. The van der Waals surface area contributed by atoms with Gasteiger partial charge in [0.25, 0.3) is 0 Å². The van der Waals surface area contributed by atoms with Crippen LogP contribution in [0, 0.1) is 11.3 Å². The van der Waals surface area contributed by atoms with Gasteiger partial charge in [-0.1, -0.05) is 33.6 Å². The Morgan fingerprint density at radius 3 is 2.60 bits per heavy atom. The lowest BCUT2D eigenvalue weighted by Crippen LogP contribution is -2.37. The molecule has 0 aliphatic carbocycles. The Bertz CT molecular complexity index is 207. The third kappa shape index (κ3) is 2.81. The van der Waals surface area contributed by atoms with Crippen LogP contribution in [0.2, 0.25) is 0 Å². The second-order valence-electron chi connectivity index (χ2n) is 5.01. The van der Waals surface area contributed by atoms with E-state index >= 15 is 0 Å². The second-order valence-corrected chi connectivity index (χ2v) is 5.01. The highest BCUT2D eigenvalue weighted by Crippen LogP contribution is 2.35. The minimum Gasteiger partial charge on any atom is -0.316 e. The average Bonchev–Trinajstić information content (AvgIpc) is 2.67. The van der Waals surface area contributed by atoms with E-state index in [2.05, 4.69) is 26.1 Å². The van der Waals surface area contributed by atoms with Crippen LogP contribution in [0.3, 0.4) is 0 Å². The highest BCUT2D eigenvalue weighted by molar-refractivity contribution is 5.87. The summed E-state index contributed by atoms with van der Waals surface area (Å²) in [5.74, 6) is 0.762. The molecule has 0 bridgehead atoms. The molecule has 0 radical (unpaired) electrons. The van der Waals surface area contributed by atoms with E-state index in [-0.39, 0.29) is 11.3 Å². The number of Topliss-reactive ketones (excluding diaryl/α,β-unsaturated/α-hetero) is 1. The van der Waals surface area contributed by atoms with Crippen LogP contribution in [0.25, 0.3) is 0 Å². The van der Waals surface area contributed by atoms with Crippen LogP contribution in [0.5, 0.6) is 0 Å². The van der Waals surface area contributed by atoms with Crippen molar-refractivity contribution in [1.29, 1.82) is 0 Å². The summed E-state index contributed by atoms with van der Waals surface area (Å²) < 4.78 is 0. The molecule has 1 saturated heterocycles. The van der Waals surface area contributed by atoms with E-state index in [9.17, 15) is 4.79 Å². The van der Waals surface area contributed by atoms with E-state index in [0.717, 1.165) is 45.2 Å². The van der Waals surface area contributed by atoms with E-state index in [1.165, 1.54) is 0 Å². The van der Waals surface area contributed by atoms with Gasteiger partial charge in [0.05, 0.1) is 0 Å². The van der Waals surface area contributed by atoms with Gasteiger partial charge in [-0.05, 0) is 25.8 Å². The van der Waals surface area contributed by atoms with E-state index in [1.54, 1.807) is 0 Å². The van der Waals surface area contributed by atoms with E-state index in [4.69, 9.17) is 0 Å². The lowest BCUT2D eigenvalue weighted by Gasteiger charge is -2.29. The second kappa shape index (κ2) is 5.64. The van der Waals surface area contributed by atoms with Crippen LogP contribution in [-0.4, -0.2) is 18.9 Å². The Balaban J connectivity index is 2.66. The van der Waals surface area contributed by atoms with Gasteiger partial charge in [-0.3, -0.25) is 4.79 Å². The molecule has 0 aromatic heterocycles. The summed E-state index contributed by atoms with van der Waals surface area (Å²) in [5.41, 5.74) is -0.0245. The van der Waals surface area contributed by atoms with Crippen molar-refractivity contribution in [2.45, 2.75) is 52.9 Å². The van der Waals surface area contributed by atoms with Gasteiger partial charge in [-0.25, -0.2) is 0 Å². The number of nitrogens with one attached hydrogen (secondary N) is 1. The van der Waals surface area contributed by atoms with Crippen molar-refractivity contribution in [3.63, 3.8) is 0 Å². The number of hydrogen-bond acceptors (Lipinski definition) is 2. The van der Waals surface area contributed by atoms with Gasteiger partial charge in [-0.2, -0.15) is 0 Å². The number of ketones is 1. The molecule has 1 heterocycles. The van der Waals surface area contributed by atoms with Gasteiger partial charge < -0.3 is 5.32 Å². The average molecular weight is 211 g/mol. The molecule has 1 N–H and O–H groups in total. The monoisotopic (exact) mass is 211 g/mol. The van der Waals surface area contributed by atoms with Gasteiger partial charge >= 0.3 is 0 Å². The molecular formula is C13H25NO. The summed E-state index contributed by atoms with van der Waals surface area (Å²) in [6.45, 7) is 8.36. The Hall–Kier alpha value is -0.370. The molecule has 2 nitrogen and oxygen atoms in total. The summed E-state index contributed by atoms with van der Waals surface area (Å²) in [6.07, 6.45) is 5.39. The number of carbonyl (C=O) groups excluding carboxylic acids is 1. The molecule has 0 amide bonds. The third-order valence-electron chi connectivity index (χ3n) is 3.66. The third-order valence-corrected chi connectivity index (χ3v) is 3.66. The van der Waals surface area contributed by atoms with Gasteiger partial charge in [0.1, 0.15) is 5.78 Å². The first-order chi connectivity index (χ1) is 7.16. The van der Waals surface area contributed by atoms with Crippen molar-refractivity contribution in [1.82, 2.24) is 5.32 Å². The predicted octanol–water partition coefficient (Wildman–Crippen LogP) is 2.77. The van der Waals surface area contributed by atoms with Crippen LogP contribution in [0.1, 0.15) is 52.9 Å². The molecule has 2 atom stereocenters. The van der Waals surface area contributed by atoms with Crippen LogP contribution in [-0.2, 0) is 4.79 Å². The maximum atomic E-state index is 12.4. The summed E-state index contributed by atoms with van der Waals surface area (Å²) in [6, 6.07) is 0. The molecule has 2 unspecified atom stereocenters. The molecule has 1 rings (SSSR count). The van der Waals surface area contributed by atoms with Crippen LogP contribution in [0.4, 0.5) is 0 Å². The molecule has 1 fully saturated rings. The van der Waals surface area contributed by atoms with Crippen LogP contribution >= 0.6 is 0 Å². The lowest BCUT2D eigenvalue weighted by atomic mass is 9.73. The highest BCUT2D eigenvalue weighted by atomic mass is 16.1. The Labute approximate surface area is 93.8 Å². The molecule has 0 saturated carbocycles. The van der Waals surface area contributed by atoms with Crippen LogP contribution in [0.15, 0.2) is 0 Å². The van der Waals surface area contributed by atoms with Crippen molar-refractivity contribution in [3.8, 4) is 0 Å². The Morgan fingerprint density at radius 1 is 1.40 bits per heavy atom. The molecule has 1 aliphatic rings. The van der Waals surface area contributed by atoms with Crippen molar-refractivity contribution in [3.05, 3.63) is 0 Å². The molecule has 0 aromatic rings. The molecular weight excluding hydrogens is 186 g/mol. The standard InChI is InChI=1S/C13H25NO/c1-4-6-11(3)12(15)13(7-5-2)8-9-14-10-13/h11,14H,4-10H2,1-3H3. The maximum Gasteiger partial charge on any atom is 0.143 e. The largest absolute Gasteiger partial charge is 0.316 e. The Kier molecular flexibility index (Phi) is 4.78. The zero-order valence-electron chi connectivity index (χ0n) is 10.4. The minimum atomic E-state index is -0.0245. The van der Waals surface area contributed by atoms with Gasteiger partial charge in [-0.15, -0.1) is 0 Å². The van der Waals surface area contributed by atoms with Crippen molar-refractivity contribution in [2.24, 2.45) is 11.3 Å². The zero-order chi connectivity index (χ0) is 11.3. The first-order valence-electron chi connectivity index (χ1n) is 6.41. The number of hydrogen-bond donors (Lipinski definition) is 1. The first-order valence-corrected chi connectivity index (χ1v) is 6.41. The van der Waals surface area contributed by atoms with E-state index in [1.807, 2.05) is 0 Å². The van der Waals surface area contributed by atoms with Crippen molar-refractivity contribution < 1.29 is 4.79 Å². The summed E-state index contributed by atoms with van der Waals surface area (Å²) in [4.78, 5) is 12.4. The van der Waals surface area contributed by atoms with Crippen molar-refractivity contribution in [2.75, 3.05) is 13.1 Å². The maximum absolute atomic E-state index is 12.4. The highest BCUT2D eigenvalue weighted by Gasteiger charge is 2.41. The molecule has 0 aromatic carbocycles.